The number of methoxy groups -OCH3 is 1. The number of rotatable bonds is 3. The quantitative estimate of drug-likeness (QED) is 0.853. The summed E-state index contributed by atoms with van der Waals surface area (Å²) in [6, 6.07) is 1.74. The summed E-state index contributed by atoms with van der Waals surface area (Å²) in [7, 11) is 1.51. The van der Waals surface area contributed by atoms with E-state index in [0.717, 1.165) is 0 Å². The second-order valence-corrected chi connectivity index (χ2v) is 3.45. The molecule has 0 spiro atoms. The third kappa shape index (κ3) is 1.68. The minimum Gasteiger partial charge on any atom is -0.495 e. The van der Waals surface area contributed by atoms with Gasteiger partial charge in [-0.05, 0) is 11.4 Å². The van der Waals surface area contributed by atoms with Crippen LogP contribution in [0.15, 0.2) is 15.9 Å². The van der Waals surface area contributed by atoms with Gasteiger partial charge in [-0.2, -0.15) is 0 Å². The van der Waals surface area contributed by atoms with Crippen molar-refractivity contribution in [3.8, 4) is 16.5 Å². The standard InChI is InChI=1S/C8H6N2O4S/c1-13-4-2-3-15-5(4)6-9-10-7(14-6)8(11)12/h2-3H,1H3,(H,11,12). The molecule has 0 aliphatic rings. The van der Waals surface area contributed by atoms with E-state index >= 15 is 0 Å². The molecule has 0 aliphatic heterocycles. The number of thiophene rings is 1. The van der Waals surface area contributed by atoms with Crippen molar-refractivity contribution in [2.24, 2.45) is 0 Å². The van der Waals surface area contributed by atoms with Crippen molar-refractivity contribution in [2.75, 3.05) is 7.11 Å². The Morgan fingerprint density at radius 1 is 1.60 bits per heavy atom. The topological polar surface area (TPSA) is 85.5 Å². The summed E-state index contributed by atoms with van der Waals surface area (Å²) < 4.78 is 9.99. The van der Waals surface area contributed by atoms with Crippen molar-refractivity contribution >= 4 is 17.3 Å². The molecular weight excluding hydrogens is 220 g/mol. The number of hydrogen-bond donors (Lipinski definition) is 1. The van der Waals surface area contributed by atoms with Crippen LogP contribution in [-0.4, -0.2) is 28.4 Å². The first-order valence-electron chi connectivity index (χ1n) is 3.91. The minimum absolute atomic E-state index is 0.152. The monoisotopic (exact) mass is 226 g/mol. The highest BCUT2D eigenvalue weighted by atomic mass is 32.1. The van der Waals surface area contributed by atoms with E-state index in [9.17, 15) is 4.79 Å². The van der Waals surface area contributed by atoms with Crippen LogP contribution >= 0.6 is 11.3 Å². The van der Waals surface area contributed by atoms with E-state index in [-0.39, 0.29) is 5.89 Å². The van der Waals surface area contributed by atoms with Gasteiger partial charge >= 0.3 is 11.9 Å². The lowest BCUT2D eigenvalue weighted by Crippen LogP contribution is -1.95. The summed E-state index contributed by atoms with van der Waals surface area (Å²) >= 11 is 1.34. The predicted molar refractivity (Wildman–Crippen MR) is 51.1 cm³/mol. The Morgan fingerprint density at radius 3 is 3.00 bits per heavy atom. The van der Waals surface area contributed by atoms with Gasteiger partial charge in [-0.15, -0.1) is 21.5 Å². The van der Waals surface area contributed by atoms with E-state index in [2.05, 4.69) is 10.2 Å². The van der Waals surface area contributed by atoms with Crippen LogP contribution in [0.2, 0.25) is 0 Å². The molecule has 0 radical (unpaired) electrons. The maximum atomic E-state index is 10.5. The average Bonchev–Trinajstić information content (AvgIpc) is 2.85. The molecule has 0 bridgehead atoms. The number of aromatic carboxylic acids is 1. The van der Waals surface area contributed by atoms with E-state index in [1.807, 2.05) is 0 Å². The molecule has 2 aromatic heterocycles. The summed E-state index contributed by atoms with van der Waals surface area (Å²) in [5.74, 6) is -0.940. The molecule has 0 fully saturated rings. The molecular formula is C8H6N2O4S. The first kappa shape index (κ1) is 9.66. The highest BCUT2D eigenvalue weighted by Crippen LogP contribution is 2.34. The Kier molecular flexibility index (Phi) is 2.38. The molecule has 0 saturated carbocycles. The first-order valence-corrected chi connectivity index (χ1v) is 4.79. The molecule has 0 unspecified atom stereocenters. The van der Waals surface area contributed by atoms with Gasteiger partial charge in [-0.3, -0.25) is 0 Å². The van der Waals surface area contributed by atoms with Crippen LogP contribution in [0.3, 0.4) is 0 Å². The van der Waals surface area contributed by atoms with Crippen LogP contribution < -0.4 is 4.74 Å². The number of hydrogen-bond acceptors (Lipinski definition) is 6. The number of nitrogens with zero attached hydrogens (tertiary/aromatic N) is 2. The zero-order chi connectivity index (χ0) is 10.8. The molecule has 2 heterocycles. The van der Waals surface area contributed by atoms with E-state index < -0.39 is 11.9 Å². The van der Waals surface area contributed by atoms with Gasteiger partial charge in [0.2, 0.25) is 0 Å². The molecule has 1 N–H and O–H groups in total. The highest BCUT2D eigenvalue weighted by molar-refractivity contribution is 7.13. The molecule has 2 rings (SSSR count). The fourth-order valence-electron chi connectivity index (χ4n) is 1.02. The Hall–Kier alpha value is -1.89. The summed E-state index contributed by atoms with van der Waals surface area (Å²) in [4.78, 5) is 11.1. The minimum atomic E-state index is -1.25. The summed E-state index contributed by atoms with van der Waals surface area (Å²) in [5.41, 5.74) is 0. The van der Waals surface area contributed by atoms with Gasteiger partial charge in [0.15, 0.2) is 0 Å². The first-order chi connectivity index (χ1) is 7.22. The van der Waals surface area contributed by atoms with E-state index in [4.69, 9.17) is 14.3 Å². The normalized spacial score (nSPS) is 10.2. The molecule has 78 valence electrons. The zero-order valence-corrected chi connectivity index (χ0v) is 8.45. The number of carboxylic acid groups (broad SMARTS) is 1. The molecule has 0 atom stereocenters. The molecule has 6 nitrogen and oxygen atoms in total. The third-order valence-electron chi connectivity index (χ3n) is 1.65. The lowest BCUT2D eigenvalue weighted by Gasteiger charge is -1.95. The average molecular weight is 226 g/mol. The Bertz CT molecular complexity index is 490. The highest BCUT2D eigenvalue weighted by Gasteiger charge is 2.18. The number of carboxylic acids is 1. The lowest BCUT2D eigenvalue weighted by molar-refractivity contribution is 0.0654. The fourth-order valence-corrected chi connectivity index (χ4v) is 1.79. The van der Waals surface area contributed by atoms with Crippen LogP contribution in [-0.2, 0) is 0 Å². The second-order valence-electron chi connectivity index (χ2n) is 2.54. The van der Waals surface area contributed by atoms with Crippen LogP contribution in [0, 0.1) is 0 Å². The summed E-state index contributed by atoms with van der Waals surface area (Å²) in [6.45, 7) is 0. The number of carbonyl (C=O) groups is 1. The molecule has 0 saturated heterocycles. The van der Waals surface area contributed by atoms with Gasteiger partial charge in [-0.1, -0.05) is 0 Å². The van der Waals surface area contributed by atoms with Crippen LogP contribution in [0.4, 0.5) is 0 Å². The Labute approximate surface area is 88.1 Å². The molecule has 0 aromatic carbocycles. The van der Waals surface area contributed by atoms with Crippen molar-refractivity contribution in [1.82, 2.24) is 10.2 Å². The van der Waals surface area contributed by atoms with Gasteiger partial charge in [0.1, 0.15) is 10.6 Å². The van der Waals surface area contributed by atoms with E-state index in [1.165, 1.54) is 18.4 Å². The van der Waals surface area contributed by atoms with Crippen LogP contribution in [0.1, 0.15) is 10.7 Å². The molecule has 15 heavy (non-hydrogen) atoms. The SMILES string of the molecule is COc1ccsc1-c1nnc(C(=O)O)o1. The van der Waals surface area contributed by atoms with E-state index in [0.29, 0.717) is 10.6 Å². The van der Waals surface area contributed by atoms with Crippen molar-refractivity contribution in [3.05, 3.63) is 17.3 Å². The lowest BCUT2D eigenvalue weighted by atomic mass is 10.4. The van der Waals surface area contributed by atoms with E-state index in [1.54, 1.807) is 11.4 Å². The summed E-state index contributed by atoms with van der Waals surface area (Å²) in [6.07, 6.45) is 0. The largest absolute Gasteiger partial charge is 0.495 e. The molecule has 0 aliphatic carbocycles. The van der Waals surface area contributed by atoms with Crippen LogP contribution in [0.25, 0.3) is 10.8 Å². The fraction of sp³-hybridized carbons (Fsp3) is 0.125. The van der Waals surface area contributed by atoms with Crippen molar-refractivity contribution in [3.63, 3.8) is 0 Å². The maximum Gasteiger partial charge on any atom is 0.393 e. The van der Waals surface area contributed by atoms with Gasteiger partial charge in [0.05, 0.1) is 7.11 Å². The summed E-state index contributed by atoms with van der Waals surface area (Å²) in [5, 5.41) is 17.4. The zero-order valence-electron chi connectivity index (χ0n) is 7.63. The third-order valence-corrected chi connectivity index (χ3v) is 2.53. The smallest absolute Gasteiger partial charge is 0.393 e. The predicted octanol–water partition coefficient (Wildman–Crippen LogP) is 1.50. The Balaban J connectivity index is 2.41. The van der Waals surface area contributed by atoms with Gasteiger partial charge < -0.3 is 14.3 Å². The van der Waals surface area contributed by atoms with Gasteiger partial charge in [-0.25, -0.2) is 4.79 Å². The Morgan fingerprint density at radius 2 is 2.40 bits per heavy atom. The van der Waals surface area contributed by atoms with Crippen molar-refractivity contribution in [1.29, 1.82) is 0 Å². The van der Waals surface area contributed by atoms with Crippen LogP contribution in [0.5, 0.6) is 5.75 Å². The van der Waals surface area contributed by atoms with Crippen molar-refractivity contribution in [2.45, 2.75) is 0 Å². The molecule has 7 heteroatoms. The number of ether oxygens (including phenoxy) is 1. The number of aromatic nitrogens is 2. The van der Waals surface area contributed by atoms with Gasteiger partial charge in [0, 0.05) is 0 Å². The van der Waals surface area contributed by atoms with Gasteiger partial charge in [0.25, 0.3) is 5.89 Å². The maximum absolute atomic E-state index is 10.5. The second kappa shape index (κ2) is 3.70. The van der Waals surface area contributed by atoms with Crippen molar-refractivity contribution < 1.29 is 19.1 Å². The molecule has 0 amide bonds. The molecule has 2 aromatic rings.